The zero-order valence-electron chi connectivity index (χ0n) is 17.3. The molecular weight excluding hydrogens is 412 g/mol. The molecule has 158 valence electrons. The summed E-state index contributed by atoms with van der Waals surface area (Å²) in [6.45, 7) is 2.75. The molecule has 0 bridgehead atoms. The van der Waals surface area contributed by atoms with E-state index in [0.29, 0.717) is 18.2 Å². The Bertz CT molecular complexity index is 1270. The van der Waals surface area contributed by atoms with E-state index in [2.05, 4.69) is 10.1 Å². The quantitative estimate of drug-likeness (QED) is 0.437. The molecule has 4 rings (SSSR count). The number of thiazole rings is 1. The van der Waals surface area contributed by atoms with Crippen molar-refractivity contribution in [3.63, 3.8) is 0 Å². The van der Waals surface area contributed by atoms with Crippen LogP contribution in [0, 0.1) is 0 Å². The Morgan fingerprint density at radius 2 is 1.94 bits per heavy atom. The van der Waals surface area contributed by atoms with Crippen molar-refractivity contribution in [3.05, 3.63) is 82.3 Å². The highest BCUT2D eigenvalue weighted by Gasteiger charge is 2.23. The molecule has 0 aliphatic heterocycles. The maximum Gasteiger partial charge on any atom is 0.280 e. The van der Waals surface area contributed by atoms with Crippen molar-refractivity contribution < 1.29 is 9.53 Å². The van der Waals surface area contributed by atoms with Crippen molar-refractivity contribution in [3.8, 4) is 5.75 Å². The number of aryl methyl sites for hydroxylation is 1. The molecule has 0 fully saturated rings. The number of amides is 1. The Hall–Kier alpha value is -3.52. The predicted octanol–water partition coefficient (Wildman–Crippen LogP) is 4.12. The lowest BCUT2D eigenvalue weighted by atomic mass is 10.2. The summed E-state index contributed by atoms with van der Waals surface area (Å²) < 4.78 is 7.56. The minimum absolute atomic E-state index is 0.209. The molecule has 7 nitrogen and oxygen atoms in total. The first-order valence-corrected chi connectivity index (χ1v) is 10.8. The van der Waals surface area contributed by atoms with E-state index in [4.69, 9.17) is 4.74 Å². The fraction of sp³-hybridized carbons (Fsp3) is 0.217. The third-order valence-electron chi connectivity index (χ3n) is 4.77. The molecule has 1 amide bonds. The second-order valence-electron chi connectivity index (χ2n) is 6.99. The maximum atomic E-state index is 13.5. The van der Waals surface area contributed by atoms with Crippen molar-refractivity contribution in [2.75, 3.05) is 12.0 Å². The second kappa shape index (κ2) is 9.09. The number of methoxy groups -OCH3 is 1. The molecule has 0 atom stereocenters. The summed E-state index contributed by atoms with van der Waals surface area (Å²) >= 11 is 1.41. The zero-order chi connectivity index (χ0) is 21.8. The Kier molecular flexibility index (Phi) is 6.08. The van der Waals surface area contributed by atoms with Crippen LogP contribution in [-0.4, -0.2) is 27.8 Å². The van der Waals surface area contributed by atoms with Crippen LogP contribution in [0.1, 0.15) is 29.4 Å². The van der Waals surface area contributed by atoms with Gasteiger partial charge in [0, 0.05) is 12.6 Å². The SMILES string of the molecule is CCCn1nc(C(=O)N(Cc2ccccc2)c2nc3ccc(OC)cc3s2)ccc1=O. The number of carbonyl (C=O) groups is 1. The number of ether oxygens (including phenoxy) is 1. The van der Waals surface area contributed by atoms with Gasteiger partial charge in [-0.05, 0) is 36.2 Å². The fourth-order valence-corrected chi connectivity index (χ4v) is 4.19. The normalized spacial score (nSPS) is 10.9. The van der Waals surface area contributed by atoms with Gasteiger partial charge >= 0.3 is 0 Å². The number of benzene rings is 2. The molecule has 0 saturated carbocycles. The van der Waals surface area contributed by atoms with E-state index in [1.54, 1.807) is 12.0 Å². The molecule has 2 aromatic carbocycles. The van der Waals surface area contributed by atoms with E-state index in [1.165, 1.54) is 28.2 Å². The van der Waals surface area contributed by atoms with Crippen LogP contribution < -0.4 is 15.2 Å². The van der Waals surface area contributed by atoms with E-state index in [9.17, 15) is 9.59 Å². The van der Waals surface area contributed by atoms with Crippen molar-refractivity contribution in [1.29, 1.82) is 0 Å². The van der Waals surface area contributed by atoms with Gasteiger partial charge in [-0.3, -0.25) is 14.5 Å². The minimum atomic E-state index is -0.306. The first kappa shape index (κ1) is 20.7. The number of hydrogen-bond donors (Lipinski definition) is 0. The number of rotatable bonds is 7. The highest BCUT2D eigenvalue weighted by Crippen LogP contribution is 2.32. The molecule has 0 N–H and O–H groups in total. The summed E-state index contributed by atoms with van der Waals surface area (Å²) in [7, 11) is 1.62. The molecule has 31 heavy (non-hydrogen) atoms. The van der Waals surface area contributed by atoms with Crippen LogP contribution in [0.4, 0.5) is 5.13 Å². The maximum absolute atomic E-state index is 13.5. The zero-order valence-corrected chi connectivity index (χ0v) is 18.1. The molecule has 0 unspecified atom stereocenters. The van der Waals surface area contributed by atoms with E-state index < -0.39 is 0 Å². The summed E-state index contributed by atoms with van der Waals surface area (Å²) in [4.78, 5) is 31.8. The lowest BCUT2D eigenvalue weighted by molar-refractivity contribution is 0.0977. The van der Waals surface area contributed by atoms with Gasteiger partial charge in [-0.1, -0.05) is 48.6 Å². The Morgan fingerprint density at radius 1 is 1.13 bits per heavy atom. The Morgan fingerprint density at radius 3 is 2.68 bits per heavy atom. The highest BCUT2D eigenvalue weighted by atomic mass is 32.1. The van der Waals surface area contributed by atoms with Gasteiger partial charge in [0.1, 0.15) is 11.4 Å². The van der Waals surface area contributed by atoms with Crippen LogP contribution in [0.25, 0.3) is 10.2 Å². The monoisotopic (exact) mass is 434 g/mol. The molecule has 0 radical (unpaired) electrons. The smallest absolute Gasteiger partial charge is 0.280 e. The van der Waals surface area contributed by atoms with Gasteiger partial charge in [-0.15, -0.1) is 0 Å². The summed E-state index contributed by atoms with van der Waals surface area (Å²) in [5.74, 6) is 0.427. The number of nitrogens with zero attached hydrogens (tertiary/aromatic N) is 4. The third kappa shape index (κ3) is 4.49. The number of hydrogen-bond acceptors (Lipinski definition) is 6. The number of fused-ring (bicyclic) bond motifs is 1. The predicted molar refractivity (Wildman–Crippen MR) is 122 cm³/mol. The first-order valence-electron chi connectivity index (χ1n) is 9.97. The van der Waals surface area contributed by atoms with E-state index in [-0.39, 0.29) is 17.2 Å². The third-order valence-corrected chi connectivity index (χ3v) is 5.81. The molecular formula is C23H22N4O3S. The number of anilines is 1. The van der Waals surface area contributed by atoms with Gasteiger partial charge < -0.3 is 4.74 Å². The van der Waals surface area contributed by atoms with Crippen molar-refractivity contribution in [2.24, 2.45) is 0 Å². The van der Waals surface area contributed by atoms with Crippen LogP contribution in [0.2, 0.25) is 0 Å². The highest BCUT2D eigenvalue weighted by molar-refractivity contribution is 7.22. The van der Waals surface area contributed by atoms with Crippen LogP contribution in [0.5, 0.6) is 5.75 Å². The van der Waals surface area contributed by atoms with Crippen molar-refractivity contribution in [1.82, 2.24) is 14.8 Å². The van der Waals surface area contributed by atoms with E-state index in [1.807, 2.05) is 55.5 Å². The van der Waals surface area contributed by atoms with Gasteiger partial charge in [0.15, 0.2) is 5.13 Å². The lowest BCUT2D eigenvalue weighted by Crippen LogP contribution is -2.33. The van der Waals surface area contributed by atoms with E-state index >= 15 is 0 Å². The average molecular weight is 435 g/mol. The molecule has 0 spiro atoms. The fourth-order valence-electron chi connectivity index (χ4n) is 3.20. The van der Waals surface area contributed by atoms with Crippen LogP contribution in [-0.2, 0) is 13.1 Å². The summed E-state index contributed by atoms with van der Waals surface area (Å²) in [5.41, 5.74) is 1.74. The summed E-state index contributed by atoms with van der Waals surface area (Å²) in [6.07, 6.45) is 0.748. The first-order chi connectivity index (χ1) is 15.1. The topological polar surface area (TPSA) is 77.3 Å². The standard InChI is InChI=1S/C23H22N4O3S/c1-3-13-27-21(28)12-11-19(25-27)22(29)26(15-16-7-5-4-6-8-16)23-24-18-10-9-17(30-2)14-20(18)31-23/h4-12,14H,3,13,15H2,1-2H3. The van der Waals surface area contributed by atoms with E-state index in [0.717, 1.165) is 28.0 Å². The minimum Gasteiger partial charge on any atom is -0.497 e. The largest absolute Gasteiger partial charge is 0.497 e. The van der Waals surface area contributed by atoms with Gasteiger partial charge in [-0.2, -0.15) is 5.10 Å². The van der Waals surface area contributed by atoms with Crippen molar-refractivity contribution in [2.45, 2.75) is 26.4 Å². The van der Waals surface area contributed by atoms with Crippen LogP contribution in [0.15, 0.2) is 65.5 Å². The summed E-state index contributed by atoms with van der Waals surface area (Å²) in [5, 5.41) is 4.86. The number of carbonyl (C=O) groups excluding carboxylic acids is 1. The van der Waals surface area contributed by atoms with Gasteiger partial charge in [0.2, 0.25) is 0 Å². The summed E-state index contributed by atoms with van der Waals surface area (Å²) in [6, 6.07) is 18.2. The number of aromatic nitrogens is 3. The Balaban J connectivity index is 1.76. The second-order valence-corrected chi connectivity index (χ2v) is 8.00. The van der Waals surface area contributed by atoms with Gasteiger partial charge in [0.05, 0.1) is 23.9 Å². The Labute approximate surface area is 183 Å². The van der Waals surface area contributed by atoms with Crippen LogP contribution >= 0.6 is 11.3 Å². The van der Waals surface area contributed by atoms with Gasteiger partial charge in [0.25, 0.3) is 11.5 Å². The lowest BCUT2D eigenvalue weighted by Gasteiger charge is -2.20. The van der Waals surface area contributed by atoms with Crippen LogP contribution in [0.3, 0.4) is 0 Å². The molecule has 2 aromatic heterocycles. The molecule has 0 aliphatic carbocycles. The van der Waals surface area contributed by atoms with Crippen molar-refractivity contribution >= 4 is 32.6 Å². The molecule has 8 heteroatoms. The molecule has 2 heterocycles. The molecule has 4 aromatic rings. The molecule has 0 saturated heterocycles. The average Bonchev–Trinajstić information content (AvgIpc) is 3.22. The van der Waals surface area contributed by atoms with Gasteiger partial charge in [-0.25, -0.2) is 9.67 Å². The molecule has 0 aliphatic rings.